The van der Waals surface area contributed by atoms with Gasteiger partial charge in [0.25, 0.3) is 0 Å². The van der Waals surface area contributed by atoms with E-state index in [4.69, 9.17) is 0 Å². The average molecular weight is 323 g/mol. The lowest BCUT2D eigenvalue weighted by Gasteiger charge is -2.35. The summed E-state index contributed by atoms with van der Waals surface area (Å²) in [5.41, 5.74) is 2.33. The normalized spacial score (nSPS) is 25.5. The summed E-state index contributed by atoms with van der Waals surface area (Å²) in [6, 6.07) is 10.3. The molecule has 0 spiro atoms. The fourth-order valence-electron chi connectivity index (χ4n) is 3.84. The monoisotopic (exact) mass is 323 g/mol. The van der Waals surface area contributed by atoms with Crippen LogP contribution in [0.3, 0.4) is 0 Å². The van der Waals surface area contributed by atoms with E-state index < -0.39 is 0 Å². The number of aromatic amines is 1. The van der Waals surface area contributed by atoms with Crippen molar-refractivity contribution in [2.45, 2.75) is 45.6 Å². The molecule has 2 heterocycles. The van der Waals surface area contributed by atoms with Gasteiger partial charge in [-0.2, -0.15) is 0 Å². The highest BCUT2D eigenvalue weighted by atomic mass is 16.2. The van der Waals surface area contributed by atoms with Crippen LogP contribution >= 0.6 is 0 Å². The van der Waals surface area contributed by atoms with Gasteiger partial charge in [-0.1, -0.05) is 44.2 Å². The van der Waals surface area contributed by atoms with Crippen molar-refractivity contribution in [1.82, 2.24) is 14.9 Å². The Balaban J connectivity index is 1.57. The van der Waals surface area contributed by atoms with E-state index in [2.05, 4.69) is 40.8 Å². The molecule has 1 aromatic heterocycles. The van der Waals surface area contributed by atoms with Crippen LogP contribution in [0.5, 0.6) is 0 Å². The summed E-state index contributed by atoms with van der Waals surface area (Å²) >= 11 is 0. The van der Waals surface area contributed by atoms with Crippen molar-refractivity contribution in [3.05, 3.63) is 42.4 Å². The molecule has 0 radical (unpaired) electrons. The first-order valence-corrected chi connectivity index (χ1v) is 8.97. The van der Waals surface area contributed by atoms with Crippen molar-refractivity contribution in [3.63, 3.8) is 0 Å². The van der Waals surface area contributed by atoms with Crippen molar-refractivity contribution in [1.29, 1.82) is 0 Å². The summed E-state index contributed by atoms with van der Waals surface area (Å²) < 4.78 is 0. The minimum absolute atomic E-state index is 0.0973. The Morgan fingerprint density at radius 3 is 2.71 bits per heavy atom. The van der Waals surface area contributed by atoms with Crippen LogP contribution in [-0.4, -0.2) is 27.3 Å². The largest absolute Gasteiger partial charge is 0.340 e. The van der Waals surface area contributed by atoms with Gasteiger partial charge in [0, 0.05) is 12.5 Å². The smallest absolute Gasteiger partial charge is 0.226 e. The summed E-state index contributed by atoms with van der Waals surface area (Å²) in [6.07, 6.45) is 6.16. The molecule has 1 aliphatic heterocycles. The van der Waals surface area contributed by atoms with Gasteiger partial charge in [-0.3, -0.25) is 4.79 Å². The SMILES string of the molecule is CC1(C)CC1C(=O)N1CCCCC1c1ncc(-c2ccccc2)[nH]1. The van der Waals surface area contributed by atoms with Crippen LogP contribution in [0, 0.1) is 11.3 Å². The zero-order valence-corrected chi connectivity index (χ0v) is 14.5. The van der Waals surface area contributed by atoms with Crippen molar-refractivity contribution < 1.29 is 4.79 Å². The number of hydrogen-bond donors (Lipinski definition) is 1. The third-order valence-electron chi connectivity index (χ3n) is 5.59. The molecule has 2 unspecified atom stereocenters. The second-order valence-electron chi connectivity index (χ2n) is 7.84. The van der Waals surface area contributed by atoms with Crippen LogP contribution in [0.4, 0.5) is 0 Å². The molecule has 2 fully saturated rings. The molecule has 1 aromatic carbocycles. The Morgan fingerprint density at radius 2 is 2.00 bits per heavy atom. The van der Waals surface area contributed by atoms with Gasteiger partial charge in [0.2, 0.25) is 5.91 Å². The highest BCUT2D eigenvalue weighted by Crippen LogP contribution is 2.53. The van der Waals surface area contributed by atoms with Gasteiger partial charge in [-0.25, -0.2) is 4.98 Å². The minimum atomic E-state index is 0.0973. The minimum Gasteiger partial charge on any atom is -0.340 e. The predicted octanol–water partition coefficient (Wildman–Crippen LogP) is 4.18. The quantitative estimate of drug-likeness (QED) is 0.921. The molecule has 24 heavy (non-hydrogen) atoms. The van der Waals surface area contributed by atoms with Crippen molar-refractivity contribution in [3.8, 4) is 11.3 Å². The third-order valence-corrected chi connectivity index (χ3v) is 5.59. The summed E-state index contributed by atoms with van der Waals surface area (Å²) in [5.74, 6) is 1.45. The Morgan fingerprint density at radius 1 is 1.25 bits per heavy atom. The van der Waals surface area contributed by atoms with E-state index in [1.807, 2.05) is 24.4 Å². The van der Waals surface area contributed by atoms with Crippen LogP contribution in [-0.2, 0) is 4.79 Å². The number of aromatic nitrogens is 2. The lowest BCUT2D eigenvalue weighted by Crippen LogP contribution is -2.40. The van der Waals surface area contributed by atoms with Gasteiger partial charge in [0.05, 0.1) is 17.9 Å². The number of carbonyl (C=O) groups is 1. The van der Waals surface area contributed by atoms with E-state index in [0.717, 1.165) is 49.3 Å². The maximum Gasteiger partial charge on any atom is 0.226 e. The topological polar surface area (TPSA) is 49.0 Å². The van der Waals surface area contributed by atoms with Gasteiger partial charge >= 0.3 is 0 Å². The molecule has 2 aromatic rings. The number of H-pyrrole nitrogens is 1. The maximum atomic E-state index is 12.9. The highest BCUT2D eigenvalue weighted by Gasteiger charge is 2.53. The molecule has 1 N–H and O–H groups in total. The van der Waals surface area contributed by atoms with E-state index in [0.29, 0.717) is 5.91 Å². The Hall–Kier alpha value is -2.10. The number of hydrogen-bond acceptors (Lipinski definition) is 2. The lowest BCUT2D eigenvalue weighted by molar-refractivity contribution is -0.137. The standard InChI is InChI=1S/C20H25N3O/c1-20(2)12-15(20)19(24)23-11-7-6-10-17(23)18-21-13-16(22-18)14-8-4-3-5-9-14/h3-5,8-9,13,15,17H,6-7,10-12H2,1-2H3,(H,21,22). The first-order valence-electron chi connectivity index (χ1n) is 8.97. The number of likely N-dealkylation sites (tertiary alicyclic amines) is 1. The summed E-state index contributed by atoms with van der Waals surface area (Å²) in [5, 5.41) is 0. The molecular weight excluding hydrogens is 298 g/mol. The molecule has 1 saturated heterocycles. The molecule has 1 aliphatic carbocycles. The fraction of sp³-hybridized carbons (Fsp3) is 0.500. The van der Waals surface area contributed by atoms with Crippen LogP contribution in [0.1, 0.15) is 51.4 Å². The first-order chi connectivity index (χ1) is 11.6. The number of nitrogens with one attached hydrogen (secondary N) is 1. The van der Waals surface area contributed by atoms with Gasteiger partial charge in [-0.15, -0.1) is 0 Å². The average Bonchev–Trinajstić information content (AvgIpc) is 3.02. The molecule has 4 heteroatoms. The molecule has 2 aliphatic rings. The highest BCUT2D eigenvalue weighted by molar-refractivity contribution is 5.83. The zero-order valence-electron chi connectivity index (χ0n) is 14.5. The lowest BCUT2D eigenvalue weighted by atomic mass is 9.99. The zero-order chi connectivity index (χ0) is 16.7. The number of benzene rings is 1. The molecule has 1 amide bonds. The van der Waals surface area contributed by atoms with E-state index in [9.17, 15) is 4.79 Å². The molecule has 4 rings (SSSR count). The molecule has 2 atom stereocenters. The van der Waals surface area contributed by atoms with Gasteiger partial charge in [-0.05, 0) is 36.7 Å². The Bertz CT molecular complexity index is 734. The second kappa shape index (κ2) is 5.76. The number of amides is 1. The molecule has 126 valence electrons. The van der Waals surface area contributed by atoms with Crippen LogP contribution in [0.15, 0.2) is 36.5 Å². The van der Waals surface area contributed by atoms with E-state index in [1.54, 1.807) is 0 Å². The van der Waals surface area contributed by atoms with Crippen molar-refractivity contribution in [2.24, 2.45) is 11.3 Å². The Labute approximate surface area is 143 Å². The Kier molecular flexibility index (Phi) is 3.70. The molecule has 1 saturated carbocycles. The number of piperidine rings is 1. The first kappa shape index (κ1) is 15.4. The molecule has 0 bridgehead atoms. The number of rotatable bonds is 3. The van der Waals surface area contributed by atoms with E-state index >= 15 is 0 Å². The summed E-state index contributed by atoms with van der Waals surface area (Å²) in [7, 11) is 0. The third kappa shape index (κ3) is 2.74. The summed E-state index contributed by atoms with van der Waals surface area (Å²) in [6.45, 7) is 5.24. The number of nitrogens with zero attached hydrogens (tertiary/aromatic N) is 2. The van der Waals surface area contributed by atoms with Crippen molar-refractivity contribution >= 4 is 5.91 Å². The van der Waals surface area contributed by atoms with E-state index in [1.165, 1.54) is 0 Å². The van der Waals surface area contributed by atoms with Gasteiger partial charge < -0.3 is 9.88 Å². The van der Waals surface area contributed by atoms with Crippen LogP contribution in [0.25, 0.3) is 11.3 Å². The number of carbonyl (C=O) groups excluding carboxylic acids is 1. The van der Waals surface area contributed by atoms with Crippen LogP contribution < -0.4 is 0 Å². The van der Waals surface area contributed by atoms with Gasteiger partial charge in [0.15, 0.2) is 0 Å². The number of imidazole rings is 1. The van der Waals surface area contributed by atoms with Gasteiger partial charge in [0.1, 0.15) is 5.82 Å². The predicted molar refractivity (Wildman–Crippen MR) is 94.2 cm³/mol. The van der Waals surface area contributed by atoms with Crippen LogP contribution in [0.2, 0.25) is 0 Å². The maximum absolute atomic E-state index is 12.9. The summed E-state index contributed by atoms with van der Waals surface area (Å²) in [4.78, 5) is 23.1. The van der Waals surface area contributed by atoms with Crippen molar-refractivity contribution in [2.75, 3.05) is 6.54 Å². The molecule has 4 nitrogen and oxygen atoms in total. The second-order valence-corrected chi connectivity index (χ2v) is 7.84. The molecular formula is C20H25N3O. The van der Waals surface area contributed by atoms with E-state index in [-0.39, 0.29) is 17.4 Å². The fourth-order valence-corrected chi connectivity index (χ4v) is 3.84.